The molecular weight excluding hydrogens is 344 g/mol. The van der Waals surface area contributed by atoms with Crippen LogP contribution in [0.3, 0.4) is 0 Å². The molecule has 0 radical (unpaired) electrons. The van der Waals surface area contributed by atoms with E-state index in [4.69, 9.17) is 4.74 Å². The average Bonchev–Trinajstić information content (AvgIpc) is 2.39. The van der Waals surface area contributed by atoms with Gasteiger partial charge >= 0.3 is 0 Å². The molecule has 0 heterocycles. The molecular formula is C14H20Br2O. The molecule has 0 aliphatic rings. The fourth-order valence-electron chi connectivity index (χ4n) is 2.03. The maximum atomic E-state index is 5.41. The fourth-order valence-corrected chi connectivity index (χ4v) is 3.82. The van der Waals surface area contributed by atoms with Crippen molar-refractivity contribution >= 4 is 31.9 Å². The van der Waals surface area contributed by atoms with Crippen LogP contribution in [0.4, 0.5) is 0 Å². The lowest BCUT2D eigenvalue weighted by atomic mass is 9.81. The van der Waals surface area contributed by atoms with E-state index < -0.39 is 0 Å². The maximum absolute atomic E-state index is 5.41. The third kappa shape index (κ3) is 4.72. The number of benzene rings is 1. The summed E-state index contributed by atoms with van der Waals surface area (Å²) in [5.74, 6) is 0. The number of rotatable bonds is 7. The van der Waals surface area contributed by atoms with Crippen molar-refractivity contribution in [3.8, 4) is 0 Å². The molecule has 0 aliphatic carbocycles. The average molecular weight is 364 g/mol. The highest BCUT2D eigenvalue weighted by molar-refractivity contribution is 9.09. The van der Waals surface area contributed by atoms with Crippen molar-refractivity contribution < 1.29 is 4.74 Å². The van der Waals surface area contributed by atoms with Crippen LogP contribution in [0.1, 0.15) is 18.9 Å². The molecule has 0 fully saturated rings. The SMILES string of the molecule is COC(C)CC(CBr)(CBr)Cc1ccccc1. The van der Waals surface area contributed by atoms with Gasteiger partial charge < -0.3 is 4.74 Å². The second kappa shape index (κ2) is 7.55. The summed E-state index contributed by atoms with van der Waals surface area (Å²) < 4.78 is 5.41. The Balaban J connectivity index is 2.77. The standard InChI is InChI=1S/C14H20Br2O/c1-12(17-2)8-14(10-15,11-16)9-13-6-4-3-5-7-13/h3-7,12H,8-11H2,1-2H3. The lowest BCUT2D eigenvalue weighted by Crippen LogP contribution is -2.32. The number of hydrogen-bond donors (Lipinski definition) is 0. The van der Waals surface area contributed by atoms with Crippen LogP contribution in [0.2, 0.25) is 0 Å². The van der Waals surface area contributed by atoms with E-state index in [1.165, 1.54) is 5.56 Å². The number of methoxy groups -OCH3 is 1. The second-order valence-corrected chi connectivity index (χ2v) is 5.80. The van der Waals surface area contributed by atoms with Gasteiger partial charge in [-0.2, -0.15) is 0 Å². The van der Waals surface area contributed by atoms with Gasteiger partial charge in [-0.3, -0.25) is 0 Å². The van der Waals surface area contributed by atoms with Gasteiger partial charge in [0.25, 0.3) is 0 Å². The Morgan fingerprint density at radius 2 is 1.76 bits per heavy atom. The predicted molar refractivity (Wildman–Crippen MR) is 81.3 cm³/mol. The van der Waals surface area contributed by atoms with Crippen molar-refractivity contribution in [1.29, 1.82) is 0 Å². The molecule has 0 spiro atoms. The van der Waals surface area contributed by atoms with E-state index in [-0.39, 0.29) is 11.5 Å². The highest BCUT2D eigenvalue weighted by Crippen LogP contribution is 2.33. The Kier molecular flexibility index (Phi) is 6.75. The van der Waals surface area contributed by atoms with Gasteiger partial charge in [0, 0.05) is 17.8 Å². The highest BCUT2D eigenvalue weighted by Gasteiger charge is 2.30. The Hall–Kier alpha value is 0.140. The summed E-state index contributed by atoms with van der Waals surface area (Å²) >= 11 is 7.33. The third-order valence-electron chi connectivity index (χ3n) is 3.11. The highest BCUT2D eigenvalue weighted by atomic mass is 79.9. The van der Waals surface area contributed by atoms with Gasteiger partial charge in [-0.05, 0) is 30.7 Å². The lowest BCUT2D eigenvalue weighted by Gasteiger charge is -2.32. The Morgan fingerprint density at radius 1 is 1.18 bits per heavy atom. The molecule has 1 aromatic rings. The van der Waals surface area contributed by atoms with Crippen LogP contribution in [0.15, 0.2) is 30.3 Å². The Labute approximate surface area is 121 Å². The third-order valence-corrected chi connectivity index (χ3v) is 5.49. The summed E-state index contributed by atoms with van der Waals surface area (Å²) in [6.07, 6.45) is 2.40. The summed E-state index contributed by atoms with van der Waals surface area (Å²) in [5.41, 5.74) is 1.60. The van der Waals surface area contributed by atoms with Gasteiger partial charge in [0.1, 0.15) is 0 Å². The van der Waals surface area contributed by atoms with Crippen molar-refractivity contribution in [3.63, 3.8) is 0 Å². The van der Waals surface area contributed by atoms with Gasteiger partial charge in [0.15, 0.2) is 0 Å². The number of hydrogen-bond acceptors (Lipinski definition) is 1. The van der Waals surface area contributed by atoms with Crippen molar-refractivity contribution in [2.45, 2.75) is 25.9 Å². The second-order valence-electron chi connectivity index (χ2n) is 4.68. The quantitative estimate of drug-likeness (QED) is 0.651. The molecule has 0 bridgehead atoms. The van der Waals surface area contributed by atoms with Gasteiger partial charge in [-0.1, -0.05) is 62.2 Å². The number of alkyl halides is 2. The largest absolute Gasteiger partial charge is 0.382 e. The van der Waals surface area contributed by atoms with E-state index in [9.17, 15) is 0 Å². The van der Waals surface area contributed by atoms with E-state index in [0.717, 1.165) is 23.5 Å². The van der Waals surface area contributed by atoms with Gasteiger partial charge in [0.05, 0.1) is 6.10 Å². The Morgan fingerprint density at radius 3 is 2.24 bits per heavy atom. The zero-order chi connectivity index (χ0) is 12.7. The maximum Gasteiger partial charge on any atom is 0.0549 e. The van der Waals surface area contributed by atoms with E-state index in [0.29, 0.717) is 0 Å². The minimum absolute atomic E-state index is 0.219. The first-order valence-electron chi connectivity index (χ1n) is 5.84. The molecule has 0 aliphatic heterocycles. The molecule has 1 aromatic carbocycles. The van der Waals surface area contributed by atoms with E-state index in [1.807, 2.05) is 0 Å². The monoisotopic (exact) mass is 362 g/mol. The van der Waals surface area contributed by atoms with Crippen molar-refractivity contribution in [2.24, 2.45) is 5.41 Å². The van der Waals surface area contributed by atoms with E-state index in [1.54, 1.807) is 7.11 Å². The minimum atomic E-state index is 0.219. The molecule has 96 valence electrons. The summed E-state index contributed by atoms with van der Waals surface area (Å²) in [4.78, 5) is 0. The molecule has 3 heteroatoms. The number of ether oxygens (including phenoxy) is 1. The molecule has 0 N–H and O–H groups in total. The van der Waals surface area contributed by atoms with Gasteiger partial charge in [-0.25, -0.2) is 0 Å². The molecule has 0 amide bonds. The van der Waals surface area contributed by atoms with Crippen LogP contribution < -0.4 is 0 Å². The first kappa shape index (κ1) is 15.2. The Bertz CT molecular complexity index is 309. The van der Waals surface area contributed by atoms with Crippen LogP contribution in [-0.4, -0.2) is 23.9 Å². The topological polar surface area (TPSA) is 9.23 Å². The predicted octanol–water partition coefficient (Wildman–Crippen LogP) is 4.43. The van der Waals surface area contributed by atoms with Crippen LogP contribution in [-0.2, 0) is 11.2 Å². The van der Waals surface area contributed by atoms with Crippen molar-refractivity contribution in [1.82, 2.24) is 0 Å². The fraction of sp³-hybridized carbons (Fsp3) is 0.571. The van der Waals surface area contributed by atoms with Crippen molar-refractivity contribution in [3.05, 3.63) is 35.9 Å². The van der Waals surface area contributed by atoms with E-state index in [2.05, 4.69) is 69.1 Å². The summed E-state index contributed by atoms with van der Waals surface area (Å²) in [6.45, 7) is 2.13. The molecule has 0 saturated heterocycles. The molecule has 0 saturated carbocycles. The molecule has 17 heavy (non-hydrogen) atoms. The number of halogens is 2. The minimum Gasteiger partial charge on any atom is -0.382 e. The molecule has 1 rings (SSSR count). The summed E-state index contributed by atoms with van der Waals surface area (Å²) in [5, 5.41) is 1.96. The van der Waals surface area contributed by atoms with Crippen molar-refractivity contribution in [2.75, 3.05) is 17.8 Å². The lowest BCUT2D eigenvalue weighted by molar-refractivity contribution is 0.0788. The normalized spacial score (nSPS) is 13.6. The van der Waals surface area contributed by atoms with Crippen LogP contribution >= 0.6 is 31.9 Å². The van der Waals surface area contributed by atoms with Crippen LogP contribution in [0.25, 0.3) is 0 Å². The first-order valence-corrected chi connectivity index (χ1v) is 8.09. The summed E-state index contributed by atoms with van der Waals surface area (Å²) in [7, 11) is 1.78. The molecule has 1 nitrogen and oxygen atoms in total. The van der Waals surface area contributed by atoms with E-state index >= 15 is 0 Å². The summed E-state index contributed by atoms with van der Waals surface area (Å²) in [6, 6.07) is 10.6. The van der Waals surface area contributed by atoms with Crippen LogP contribution in [0, 0.1) is 5.41 Å². The first-order chi connectivity index (χ1) is 8.15. The molecule has 1 atom stereocenters. The molecule has 1 unspecified atom stereocenters. The zero-order valence-corrected chi connectivity index (χ0v) is 13.6. The molecule has 0 aromatic heterocycles. The smallest absolute Gasteiger partial charge is 0.0549 e. The zero-order valence-electron chi connectivity index (χ0n) is 10.5. The van der Waals surface area contributed by atoms with Gasteiger partial charge in [-0.15, -0.1) is 0 Å². The van der Waals surface area contributed by atoms with Crippen LogP contribution in [0.5, 0.6) is 0 Å². The van der Waals surface area contributed by atoms with Gasteiger partial charge in [0.2, 0.25) is 0 Å².